The van der Waals surface area contributed by atoms with Crippen LogP contribution in [0.15, 0.2) is 30.6 Å². The second kappa shape index (κ2) is 8.68. The lowest BCUT2D eigenvalue weighted by molar-refractivity contribution is 0.102. The van der Waals surface area contributed by atoms with Crippen LogP contribution in [0, 0.1) is 0 Å². The lowest BCUT2D eigenvalue weighted by atomic mass is 10.2. The van der Waals surface area contributed by atoms with Crippen molar-refractivity contribution in [3.63, 3.8) is 0 Å². The molecule has 8 nitrogen and oxygen atoms in total. The number of carbonyl (C=O) groups is 1. The van der Waals surface area contributed by atoms with Gasteiger partial charge in [-0.3, -0.25) is 4.79 Å². The molecule has 1 amide bonds. The van der Waals surface area contributed by atoms with E-state index in [1.54, 1.807) is 31.5 Å². The predicted molar refractivity (Wildman–Crippen MR) is 104 cm³/mol. The second-order valence-electron chi connectivity index (χ2n) is 6.20. The van der Waals surface area contributed by atoms with Crippen molar-refractivity contribution in [2.75, 3.05) is 57.2 Å². The molecule has 0 bridgehead atoms. The highest BCUT2D eigenvalue weighted by molar-refractivity contribution is 6.03. The van der Waals surface area contributed by atoms with E-state index >= 15 is 0 Å². The van der Waals surface area contributed by atoms with Gasteiger partial charge in [-0.1, -0.05) is 6.92 Å². The SMILES string of the molecule is CCN1CCN(c2cnc(C(=O)Nc3ccc(OC)cc3OC)cn2)CC1. The molecule has 144 valence electrons. The Morgan fingerprint density at radius 2 is 1.89 bits per heavy atom. The molecule has 1 aliphatic rings. The molecular formula is C19H25N5O3. The highest BCUT2D eigenvalue weighted by Gasteiger charge is 2.18. The summed E-state index contributed by atoms with van der Waals surface area (Å²) < 4.78 is 10.5. The molecule has 27 heavy (non-hydrogen) atoms. The number of nitrogens with zero attached hydrogens (tertiary/aromatic N) is 4. The first-order valence-electron chi connectivity index (χ1n) is 8.97. The molecule has 0 aliphatic carbocycles. The molecule has 0 radical (unpaired) electrons. The smallest absolute Gasteiger partial charge is 0.275 e. The van der Waals surface area contributed by atoms with Crippen molar-refractivity contribution in [3.8, 4) is 11.5 Å². The lowest BCUT2D eigenvalue weighted by Gasteiger charge is -2.34. The summed E-state index contributed by atoms with van der Waals surface area (Å²) in [4.78, 5) is 25.8. The van der Waals surface area contributed by atoms with E-state index in [4.69, 9.17) is 9.47 Å². The Bertz CT molecular complexity index is 773. The molecule has 0 unspecified atom stereocenters. The van der Waals surface area contributed by atoms with Crippen LogP contribution in [0.3, 0.4) is 0 Å². The number of nitrogens with one attached hydrogen (secondary N) is 1. The molecule has 1 fully saturated rings. The van der Waals surface area contributed by atoms with Gasteiger partial charge in [-0.25, -0.2) is 9.97 Å². The van der Waals surface area contributed by atoms with Gasteiger partial charge in [0.15, 0.2) is 0 Å². The van der Waals surface area contributed by atoms with Crippen LogP contribution in [0.1, 0.15) is 17.4 Å². The van der Waals surface area contributed by atoms with Crippen LogP contribution in [0.4, 0.5) is 11.5 Å². The summed E-state index contributed by atoms with van der Waals surface area (Å²) in [6.07, 6.45) is 3.16. The minimum Gasteiger partial charge on any atom is -0.497 e. The summed E-state index contributed by atoms with van der Waals surface area (Å²) in [7, 11) is 3.11. The molecule has 0 spiro atoms. The van der Waals surface area contributed by atoms with Crippen LogP contribution in [-0.2, 0) is 0 Å². The number of amides is 1. The molecule has 1 saturated heterocycles. The zero-order chi connectivity index (χ0) is 19.2. The Kier molecular flexibility index (Phi) is 6.08. The monoisotopic (exact) mass is 371 g/mol. The molecule has 0 atom stereocenters. The topological polar surface area (TPSA) is 79.8 Å². The van der Waals surface area contributed by atoms with Gasteiger partial charge in [0.25, 0.3) is 5.91 Å². The summed E-state index contributed by atoms with van der Waals surface area (Å²) in [5, 5.41) is 2.80. The fraction of sp³-hybridized carbons (Fsp3) is 0.421. The quantitative estimate of drug-likeness (QED) is 0.830. The standard InChI is InChI=1S/C19H25N5O3/c1-4-23-7-9-24(10-8-23)18-13-20-16(12-21-18)19(25)22-15-6-5-14(26-2)11-17(15)27-3/h5-6,11-13H,4,7-10H2,1-3H3,(H,22,25). The van der Waals surface area contributed by atoms with E-state index < -0.39 is 0 Å². The number of methoxy groups -OCH3 is 2. The molecule has 1 aromatic heterocycles. The van der Waals surface area contributed by atoms with Crippen molar-refractivity contribution in [1.82, 2.24) is 14.9 Å². The summed E-state index contributed by atoms with van der Waals surface area (Å²) in [5.74, 6) is 1.62. The number of benzene rings is 1. The van der Waals surface area contributed by atoms with E-state index in [1.807, 2.05) is 0 Å². The summed E-state index contributed by atoms with van der Waals surface area (Å²) in [6, 6.07) is 5.19. The third kappa shape index (κ3) is 4.46. The van der Waals surface area contributed by atoms with E-state index in [-0.39, 0.29) is 11.6 Å². The third-order valence-electron chi connectivity index (χ3n) is 4.67. The maximum atomic E-state index is 12.5. The van der Waals surface area contributed by atoms with Crippen molar-refractivity contribution in [1.29, 1.82) is 0 Å². The van der Waals surface area contributed by atoms with Gasteiger partial charge >= 0.3 is 0 Å². The Balaban J connectivity index is 1.66. The molecule has 1 aromatic carbocycles. The van der Waals surface area contributed by atoms with Crippen LogP contribution < -0.4 is 19.7 Å². The van der Waals surface area contributed by atoms with E-state index in [9.17, 15) is 4.79 Å². The van der Waals surface area contributed by atoms with E-state index in [1.165, 1.54) is 13.3 Å². The van der Waals surface area contributed by atoms with Gasteiger partial charge in [-0.15, -0.1) is 0 Å². The van der Waals surface area contributed by atoms with Gasteiger partial charge in [-0.05, 0) is 18.7 Å². The number of ether oxygens (including phenoxy) is 2. The molecule has 8 heteroatoms. The van der Waals surface area contributed by atoms with Gasteiger partial charge in [0.2, 0.25) is 0 Å². The maximum absolute atomic E-state index is 12.5. The van der Waals surface area contributed by atoms with Crippen molar-refractivity contribution in [2.45, 2.75) is 6.92 Å². The van der Waals surface area contributed by atoms with Crippen LogP contribution in [0.5, 0.6) is 11.5 Å². The number of aromatic nitrogens is 2. The average Bonchev–Trinajstić information content (AvgIpc) is 2.74. The van der Waals surface area contributed by atoms with Gasteiger partial charge in [0.1, 0.15) is 23.0 Å². The largest absolute Gasteiger partial charge is 0.497 e. The Morgan fingerprint density at radius 1 is 1.11 bits per heavy atom. The fourth-order valence-corrected chi connectivity index (χ4v) is 2.98. The normalized spacial score (nSPS) is 14.7. The van der Waals surface area contributed by atoms with E-state index in [2.05, 4.69) is 32.0 Å². The first kappa shape index (κ1) is 18.9. The Hall–Kier alpha value is -2.87. The van der Waals surface area contributed by atoms with Crippen LogP contribution in [-0.4, -0.2) is 67.7 Å². The number of rotatable bonds is 6. The fourth-order valence-electron chi connectivity index (χ4n) is 2.98. The van der Waals surface area contributed by atoms with E-state index in [0.717, 1.165) is 38.5 Å². The number of likely N-dealkylation sites (N-methyl/N-ethyl adjacent to an activating group) is 1. The highest BCUT2D eigenvalue weighted by Crippen LogP contribution is 2.29. The van der Waals surface area contributed by atoms with Crippen LogP contribution in [0.2, 0.25) is 0 Å². The molecule has 0 saturated carbocycles. The van der Waals surface area contributed by atoms with Crippen LogP contribution >= 0.6 is 0 Å². The molecule has 2 heterocycles. The molecule has 3 rings (SSSR count). The van der Waals surface area contributed by atoms with Crippen molar-refractivity contribution < 1.29 is 14.3 Å². The maximum Gasteiger partial charge on any atom is 0.275 e. The molecule has 1 aliphatic heterocycles. The first-order valence-corrected chi connectivity index (χ1v) is 8.97. The van der Waals surface area contributed by atoms with Gasteiger partial charge in [0, 0.05) is 32.2 Å². The van der Waals surface area contributed by atoms with Crippen molar-refractivity contribution >= 4 is 17.4 Å². The number of hydrogen-bond acceptors (Lipinski definition) is 7. The molecule has 1 N–H and O–H groups in total. The number of piperazine rings is 1. The predicted octanol–water partition coefficient (Wildman–Crippen LogP) is 1.89. The van der Waals surface area contributed by atoms with Crippen LogP contribution in [0.25, 0.3) is 0 Å². The molecule has 2 aromatic rings. The molecular weight excluding hydrogens is 346 g/mol. The van der Waals surface area contributed by atoms with Gasteiger partial charge in [-0.2, -0.15) is 0 Å². The zero-order valence-electron chi connectivity index (χ0n) is 15.9. The first-order chi connectivity index (χ1) is 13.1. The lowest BCUT2D eigenvalue weighted by Crippen LogP contribution is -2.46. The van der Waals surface area contributed by atoms with Crippen molar-refractivity contribution in [3.05, 3.63) is 36.3 Å². The minimum atomic E-state index is -0.340. The van der Waals surface area contributed by atoms with Gasteiger partial charge in [0.05, 0.1) is 32.3 Å². The summed E-state index contributed by atoms with van der Waals surface area (Å²) in [5.41, 5.74) is 0.800. The summed E-state index contributed by atoms with van der Waals surface area (Å²) in [6.45, 7) is 7.08. The number of hydrogen-bond donors (Lipinski definition) is 1. The average molecular weight is 371 g/mol. The zero-order valence-corrected chi connectivity index (χ0v) is 15.9. The minimum absolute atomic E-state index is 0.254. The van der Waals surface area contributed by atoms with E-state index in [0.29, 0.717) is 17.2 Å². The number of anilines is 2. The highest BCUT2D eigenvalue weighted by atomic mass is 16.5. The number of carbonyl (C=O) groups excluding carboxylic acids is 1. The Morgan fingerprint density at radius 3 is 2.48 bits per heavy atom. The van der Waals surface area contributed by atoms with Gasteiger partial charge < -0.3 is 24.6 Å². The summed E-state index contributed by atoms with van der Waals surface area (Å²) >= 11 is 0. The Labute approximate surface area is 159 Å². The second-order valence-corrected chi connectivity index (χ2v) is 6.20. The van der Waals surface area contributed by atoms with Crippen molar-refractivity contribution in [2.24, 2.45) is 0 Å². The third-order valence-corrected chi connectivity index (χ3v) is 4.67.